The molecule has 0 saturated heterocycles. The highest BCUT2D eigenvalue weighted by Gasteiger charge is 2.04. The summed E-state index contributed by atoms with van der Waals surface area (Å²) in [5.41, 5.74) is 3.84. The van der Waals surface area contributed by atoms with Crippen LogP contribution in [0.1, 0.15) is 31.4 Å². The fourth-order valence-corrected chi connectivity index (χ4v) is 2.58. The van der Waals surface area contributed by atoms with Crippen molar-refractivity contribution in [2.24, 2.45) is 4.99 Å². The minimum atomic E-state index is 0.812. The Morgan fingerprint density at radius 1 is 1.30 bits per heavy atom. The number of aromatic amines is 1. The number of guanidine groups is 1. The number of aryl methyl sites for hydroxylation is 1. The highest BCUT2D eigenvalue weighted by Crippen LogP contribution is 2.19. The predicted molar refractivity (Wildman–Crippen MR) is 100 cm³/mol. The maximum atomic E-state index is 4.58. The lowest BCUT2D eigenvalue weighted by atomic mass is 10.1. The predicted octanol–water partition coefficient (Wildman–Crippen LogP) is 3.54. The molecule has 0 spiro atoms. The molecule has 0 atom stereocenters. The zero-order valence-corrected chi connectivity index (χ0v) is 14.4. The Hall–Kier alpha value is -2.23. The van der Waals surface area contributed by atoms with Gasteiger partial charge in [-0.05, 0) is 50.8 Å². The summed E-state index contributed by atoms with van der Waals surface area (Å²) in [4.78, 5) is 7.94. The Balaban J connectivity index is 1.90. The smallest absolute Gasteiger partial charge is 0.191 e. The summed E-state index contributed by atoms with van der Waals surface area (Å²) >= 11 is 0. The van der Waals surface area contributed by atoms with Crippen molar-refractivity contribution in [3.8, 4) is 0 Å². The van der Waals surface area contributed by atoms with Gasteiger partial charge in [-0.2, -0.15) is 0 Å². The van der Waals surface area contributed by atoms with Gasteiger partial charge in [0, 0.05) is 36.7 Å². The summed E-state index contributed by atoms with van der Waals surface area (Å²) in [5, 5.41) is 8.02. The van der Waals surface area contributed by atoms with Crippen LogP contribution < -0.4 is 10.6 Å². The van der Waals surface area contributed by atoms with Crippen molar-refractivity contribution in [2.75, 3.05) is 19.6 Å². The lowest BCUT2D eigenvalue weighted by Gasteiger charge is -2.10. The van der Waals surface area contributed by atoms with Gasteiger partial charge in [-0.3, -0.25) is 4.99 Å². The number of H-pyrrole nitrogens is 1. The van der Waals surface area contributed by atoms with Gasteiger partial charge in [0.2, 0.25) is 0 Å². The number of aliphatic imine (C=N–C) groups is 1. The number of benzene rings is 1. The maximum Gasteiger partial charge on any atom is 0.191 e. The van der Waals surface area contributed by atoms with Gasteiger partial charge in [0.1, 0.15) is 0 Å². The van der Waals surface area contributed by atoms with E-state index in [0.29, 0.717) is 0 Å². The van der Waals surface area contributed by atoms with Crippen LogP contribution in [0.4, 0.5) is 0 Å². The lowest BCUT2D eigenvalue weighted by molar-refractivity contribution is 0.801. The van der Waals surface area contributed by atoms with Crippen molar-refractivity contribution < 1.29 is 0 Å². The van der Waals surface area contributed by atoms with E-state index in [-0.39, 0.29) is 0 Å². The molecule has 2 rings (SSSR count). The summed E-state index contributed by atoms with van der Waals surface area (Å²) in [6.07, 6.45) is 8.27. The molecule has 0 fully saturated rings. The monoisotopic (exact) mass is 312 g/mol. The topological polar surface area (TPSA) is 52.2 Å². The van der Waals surface area contributed by atoms with E-state index >= 15 is 0 Å². The minimum Gasteiger partial charge on any atom is -0.361 e. The van der Waals surface area contributed by atoms with Crippen LogP contribution in [0.15, 0.2) is 41.5 Å². The second-order valence-electron chi connectivity index (χ2n) is 5.66. The number of fused-ring (bicyclic) bond motifs is 1. The summed E-state index contributed by atoms with van der Waals surface area (Å²) in [6, 6.07) is 6.56. The van der Waals surface area contributed by atoms with Gasteiger partial charge >= 0.3 is 0 Å². The van der Waals surface area contributed by atoms with Crippen LogP contribution in [0.25, 0.3) is 10.9 Å². The average Bonchev–Trinajstić information content (AvgIpc) is 2.93. The zero-order valence-electron chi connectivity index (χ0n) is 14.4. The molecule has 0 radical (unpaired) electrons. The van der Waals surface area contributed by atoms with E-state index in [4.69, 9.17) is 0 Å². The fraction of sp³-hybridized carbons (Fsp3) is 0.421. The van der Waals surface area contributed by atoms with E-state index < -0.39 is 0 Å². The number of hydrogen-bond acceptors (Lipinski definition) is 1. The number of aromatic nitrogens is 1. The van der Waals surface area contributed by atoms with Crippen molar-refractivity contribution in [2.45, 2.75) is 33.6 Å². The summed E-state index contributed by atoms with van der Waals surface area (Å²) in [5.74, 6) is 0.896. The van der Waals surface area contributed by atoms with Gasteiger partial charge in [-0.25, -0.2) is 0 Å². The van der Waals surface area contributed by atoms with E-state index in [9.17, 15) is 0 Å². The molecule has 0 aliphatic heterocycles. The third-order valence-corrected chi connectivity index (χ3v) is 3.76. The number of hydrogen-bond donors (Lipinski definition) is 3. The maximum absolute atomic E-state index is 4.58. The van der Waals surface area contributed by atoms with Crippen LogP contribution in [0.2, 0.25) is 0 Å². The molecule has 4 nitrogen and oxygen atoms in total. The van der Waals surface area contributed by atoms with Gasteiger partial charge in [0.25, 0.3) is 0 Å². The van der Waals surface area contributed by atoms with Gasteiger partial charge in [-0.1, -0.05) is 24.3 Å². The SMILES string of the molecule is C/C=C/CCN=C(NCC)NCCc1c[nH]c2cc(C)ccc12. The highest BCUT2D eigenvalue weighted by atomic mass is 15.2. The third kappa shape index (κ3) is 5.16. The van der Waals surface area contributed by atoms with Crippen molar-refractivity contribution in [3.63, 3.8) is 0 Å². The minimum absolute atomic E-state index is 0.812. The van der Waals surface area contributed by atoms with Gasteiger partial charge in [0.15, 0.2) is 5.96 Å². The number of allylic oxidation sites excluding steroid dienone is 1. The fourth-order valence-electron chi connectivity index (χ4n) is 2.58. The van der Waals surface area contributed by atoms with Crippen LogP contribution in [0.3, 0.4) is 0 Å². The summed E-state index contributed by atoms with van der Waals surface area (Å²) < 4.78 is 0. The molecule has 124 valence electrons. The molecule has 1 aromatic heterocycles. The molecule has 0 amide bonds. The molecule has 0 aliphatic rings. The van der Waals surface area contributed by atoms with Crippen molar-refractivity contribution in [1.82, 2.24) is 15.6 Å². The highest BCUT2D eigenvalue weighted by molar-refractivity contribution is 5.84. The first-order valence-electron chi connectivity index (χ1n) is 8.44. The van der Waals surface area contributed by atoms with E-state index in [1.807, 2.05) is 6.92 Å². The van der Waals surface area contributed by atoms with Gasteiger partial charge in [0.05, 0.1) is 0 Å². The molecule has 4 heteroatoms. The average molecular weight is 312 g/mol. The number of nitrogens with one attached hydrogen (secondary N) is 3. The Labute approximate surface area is 139 Å². The van der Waals surface area contributed by atoms with Gasteiger partial charge < -0.3 is 15.6 Å². The Morgan fingerprint density at radius 3 is 2.96 bits per heavy atom. The van der Waals surface area contributed by atoms with Crippen molar-refractivity contribution >= 4 is 16.9 Å². The normalized spacial score (nSPS) is 12.2. The van der Waals surface area contributed by atoms with E-state index in [1.54, 1.807) is 0 Å². The second-order valence-corrected chi connectivity index (χ2v) is 5.66. The Bertz CT molecular complexity index is 667. The third-order valence-electron chi connectivity index (χ3n) is 3.76. The molecule has 1 aromatic carbocycles. The molecule has 3 N–H and O–H groups in total. The molecule has 0 unspecified atom stereocenters. The molecule has 0 aliphatic carbocycles. The van der Waals surface area contributed by atoms with Gasteiger partial charge in [-0.15, -0.1) is 0 Å². The first-order valence-corrected chi connectivity index (χ1v) is 8.44. The van der Waals surface area contributed by atoms with E-state index in [1.165, 1.54) is 22.0 Å². The molecule has 1 heterocycles. The molecule has 23 heavy (non-hydrogen) atoms. The van der Waals surface area contributed by atoms with E-state index in [2.05, 4.69) is 71.0 Å². The molecular formula is C19H28N4. The molecule has 2 aromatic rings. The quantitative estimate of drug-likeness (QED) is 0.317. The first kappa shape index (κ1) is 17.1. The Kier molecular flexibility index (Phi) is 6.73. The van der Waals surface area contributed by atoms with Crippen molar-refractivity contribution in [3.05, 3.63) is 47.7 Å². The Morgan fingerprint density at radius 2 is 2.17 bits per heavy atom. The zero-order chi connectivity index (χ0) is 16.5. The number of nitrogens with zero attached hydrogens (tertiary/aromatic N) is 1. The second kappa shape index (κ2) is 9.03. The van der Waals surface area contributed by atoms with Crippen LogP contribution in [-0.4, -0.2) is 30.6 Å². The van der Waals surface area contributed by atoms with Crippen LogP contribution in [-0.2, 0) is 6.42 Å². The van der Waals surface area contributed by atoms with Crippen molar-refractivity contribution in [1.29, 1.82) is 0 Å². The molecular weight excluding hydrogens is 284 g/mol. The largest absolute Gasteiger partial charge is 0.361 e. The molecule has 0 saturated carbocycles. The lowest BCUT2D eigenvalue weighted by Crippen LogP contribution is -2.38. The van der Waals surface area contributed by atoms with Crippen LogP contribution in [0, 0.1) is 6.92 Å². The molecule has 0 bridgehead atoms. The summed E-state index contributed by atoms with van der Waals surface area (Å²) in [7, 11) is 0. The summed E-state index contributed by atoms with van der Waals surface area (Å²) in [6.45, 7) is 8.81. The van der Waals surface area contributed by atoms with E-state index in [0.717, 1.165) is 38.4 Å². The standard InChI is InChI=1S/C19H28N4/c1-4-6-7-11-21-19(20-5-2)22-12-10-16-14-23-18-13-15(3)8-9-17(16)18/h4,6,8-9,13-14,23H,5,7,10-12H2,1-3H3,(H2,20,21,22)/b6-4+. The van der Waals surface area contributed by atoms with Crippen LogP contribution in [0.5, 0.6) is 0 Å². The number of rotatable bonds is 7. The first-order chi connectivity index (χ1) is 11.2. The van der Waals surface area contributed by atoms with Crippen LogP contribution >= 0.6 is 0 Å².